The number of likely N-dealkylation sites (N-methyl/N-ethyl adjacent to an activating group) is 1. The van der Waals surface area contributed by atoms with Gasteiger partial charge in [0.1, 0.15) is 0 Å². The zero-order valence-corrected chi connectivity index (χ0v) is 13.8. The van der Waals surface area contributed by atoms with Gasteiger partial charge in [0.15, 0.2) is 0 Å². The summed E-state index contributed by atoms with van der Waals surface area (Å²) >= 11 is 0. The molecule has 0 aliphatic carbocycles. The molecular formula is C16H35N3. The van der Waals surface area contributed by atoms with E-state index in [-0.39, 0.29) is 0 Å². The van der Waals surface area contributed by atoms with E-state index in [1.807, 2.05) is 0 Å². The fourth-order valence-corrected chi connectivity index (χ4v) is 3.01. The molecule has 0 spiro atoms. The van der Waals surface area contributed by atoms with E-state index < -0.39 is 0 Å². The highest BCUT2D eigenvalue weighted by molar-refractivity contribution is 4.81. The van der Waals surface area contributed by atoms with E-state index in [9.17, 15) is 0 Å². The highest BCUT2D eigenvalue weighted by Gasteiger charge is 2.21. The van der Waals surface area contributed by atoms with Crippen LogP contribution in [0.3, 0.4) is 0 Å². The standard InChI is InChI=1S/C16H35N3/c1-6-10-19-11-7-8-15(9-12-19)17-16(14(2)3)13-18(4)5/h14-17H,6-13H2,1-5H3. The van der Waals surface area contributed by atoms with E-state index in [2.05, 4.69) is 50.0 Å². The molecule has 0 saturated carbocycles. The molecule has 0 aromatic rings. The Morgan fingerprint density at radius 3 is 2.53 bits per heavy atom. The van der Waals surface area contributed by atoms with Crippen molar-refractivity contribution >= 4 is 0 Å². The Morgan fingerprint density at radius 2 is 1.95 bits per heavy atom. The number of nitrogens with one attached hydrogen (secondary N) is 1. The monoisotopic (exact) mass is 269 g/mol. The van der Waals surface area contributed by atoms with Crippen LogP contribution in [-0.4, -0.2) is 62.2 Å². The van der Waals surface area contributed by atoms with Crippen LogP contribution in [0.25, 0.3) is 0 Å². The first-order valence-corrected chi connectivity index (χ1v) is 8.16. The minimum Gasteiger partial charge on any atom is -0.310 e. The molecule has 3 nitrogen and oxygen atoms in total. The van der Waals surface area contributed by atoms with Crippen LogP contribution < -0.4 is 5.32 Å². The van der Waals surface area contributed by atoms with Crippen molar-refractivity contribution in [1.29, 1.82) is 0 Å². The van der Waals surface area contributed by atoms with Crippen LogP contribution in [0.15, 0.2) is 0 Å². The molecule has 1 N–H and O–H groups in total. The Balaban J connectivity index is 2.41. The normalized spacial score (nSPS) is 23.8. The van der Waals surface area contributed by atoms with Gasteiger partial charge in [0.2, 0.25) is 0 Å². The summed E-state index contributed by atoms with van der Waals surface area (Å²) < 4.78 is 0. The fourth-order valence-electron chi connectivity index (χ4n) is 3.01. The lowest BCUT2D eigenvalue weighted by Crippen LogP contribution is -2.47. The molecule has 0 radical (unpaired) electrons. The predicted octanol–water partition coefficient (Wildman–Crippen LogP) is 2.43. The number of hydrogen-bond donors (Lipinski definition) is 1. The average molecular weight is 269 g/mol. The molecule has 1 rings (SSSR count). The molecule has 2 atom stereocenters. The van der Waals surface area contributed by atoms with Crippen molar-refractivity contribution in [2.75, 3.05) is 40.3 Å². The quantitative estimate of drug-likeness (QED) is 0.766. The summed E-state index contributed by atoms with van der Waals surface area (Å²) in [5.74, 6) is 0.706. The molecule has 1 heterocycles. The first-order valence-electron chi connectivity index (χ1n) is 8.16. The second-order valence-electron chi connectivity index (χ2n) is 6.75. The highest BCUT2D eigenvalue weighted by Crippen LogP contribution is 2.14. The van der Waals surface area contributed by atoms with Gasteiger partial charge in [-0.1, -0.05) is 20.8 Å². The summed E-state index contributed by atoms with van der Waals surface area (Å²) in [6, 6.07) is 1.34. The minimum absolute atomic E-state index is 0.623. The molecule has 2 unspecified atom stereocenters. The van der Waals surface area contributed by atoms with E-state index >= 15 is 0 Å². The van der Waals surface area contributed by atoms with Crippen LogP contribution in [0, 0.1) is 5.92 Å². The van der Waals surface area contributed by atoms with Crippen LogP contribution >= 0.6 is 0 Å². The van der Waals surface area contributed by atoms with E-state index in [0.29, 0.717) is 18.0 Å². The first kappa shape index (κ1) is 16.9. The molecule has 1 aliphatic rings. The number of hydrogen-bond acceptors (Lipinski definition) is 3. The Kier molecular flexibility index (Phi) is 7.96. The SMILES string of the molecule is CCCN1CCCC(NC(CN(C)C)C(C)C)CC1. The van der Waals surface area contributed by atoms with Crippen molar-refractivity contribution < 1.29 is 0 Å². The molecule has 1 fully saturated rings. The maximum atomic E-state index is 3.92. The van der Waals surface area contributed by atoms with Gasteiger partial charge in [0.25, 0.3) is 0 Å². The second-order valence-corrected chi connectivity index (χ2v) is 6.75. The largest absolute Gasteiger partial charge is 0.310 e. The fraction of sp³-hybridized carbons (Fsp3) is 1.00. The third kappa shape index (κ3) is 6.73. The highest BCUT2D eigenvalue weighted by atomic mass is 15.1. The van der Waals surface area contributed by atoms with Crippen LogP contribution in [-0.2, 0) is 0 Å². The molecular weight excluding hydrogens is 234 g/mol. The first-order chi connectivity index (χ1) is 9.02. The van der Waals surface area contributed by atoms with E-state index in [1.54, 1.807) is 0 Å². The Labute approximate surface area is 120 Å². The van der Waals surface area contributed by atoms with Gasteiger partial charge in [-0.25, -0.2) is 0 Å². The second kappa shape index (κ2) is 8.93. The van der Waals surface area contributed by atoms with Gasteiger partial charge in [-0.05, 0) is 65.3 Å². The molecule has 0 bridgehead atoms. The molecule has 0 aromatic carbocycles. The molecule has 0 aromatic heterocycles. The predicted molar refractivity (Wildman–Crippen MR) is 84.7 cm³/mol. The average Bonchev–Trinajstić information content (AvgIpc) is 2.54. The van der Waals surface area contributed by atoms with Crippen molar-refractivity contribution in [1.82, 2.24) is 15.1 Å². The Hall–Kier alpha value is -0.120. The van der Waals surface area contributed by atoms with Crippen LogP contribution in [0.1, 0.15) is 46.5 Å². The number of nitrogens with zero attached hydrogens (tertiary/aromatic N) is 2. The zero-order chi connectivity index (χ0) is 14.3. The van der Waals surface area contributed by atoms with Gasteiger partial charge in [0.05, 0.1) is 0 Å². The van der Waals surface area contributed by atoms with Crippen molar-refractivity contribution in [2.45, 2.75) is 58.5 Å². The van der Waals surface area contributed by atoms with E-state index in [0.717, 1.165) is 6.54 Å². The lowest BCUT2D eigenvalue weighted by atomic mass is 10.0. The minimum atomic E-state index is 0.623. The maximum Gasteiger partial charge on any atom is 0.0220 e. The van der Waals surface area contributed by atoms with Gasteiger partial charge < -0.3 is 15.1 Å². The number of likely N-dealkylation sites (tertiary alicyclic amines) is 1. The van der Waals surface area contributed by atoms with Crippen LogP contribution in [0.5, 0.6) is 0 Å². The van der Waals surface area contributed by atoms with E-state index in [1.165, 1.54) is 45.3 Å². The van der Waals surface area contributed by atoms with Crippen molar-refractivity contribution in [2.24, 2.45) is 5.92 Å². The summed E-state index contributed by atoms with van der Waals surface area (Å²) in [4.78, 5) is 4.94. The summed E-state index contributed by atoms with van der Waals surface area (Å²) in [5, 5.41) is 3.92. The van der Waals surface area contributed by atoms with Gasteiger partial charge in [-0.3, -0.25) is 0 Å². The van der Waals surface area contributed by atoms with Gasteiger partial charge in [0, 0.05) is 18.6 Å². The van der Waals surface area contributed by atoms with Gasteiger partial charge >= 0.3 is 0 Å². The maximum absolute atomic E-state index is 3.92. The zero-order valence-electron chi connectivity index (χ0n) is 13.8. The van der Waals surface area contributed by atoms with E-state index in [4.69, 9.17) is 0 Å². The summed E-state index contributed by atoms with van der Waals surface area (Å²) in [6.07, 6.45) is 5.30. The van der Waals surface area contributed by atoms with Crippen molar-refractivity contribution in [3.05, 3.63) is 0 Å². The third-order valence-corrected chi connectivity index (χ3v) is 4.18. The summed E-state index contributed by atoms with van der Waals surface area (Å²) in [7, 11) is 4.35. The molecule has 3 heteroatoms. The molecule has 114 valence electrons. The lowest BCUT2D eigenvalue weighted by Gasteiger charge is -2.30. The summed E-state index contributed by atoms with van der Waals surface area (Å²) in [6.45, 7) is 11.9. The number of rotatable bonds is 7. The molecule has 1 aliphatic heterocycles. The van der Waals surface area contributed by atoms with Crippen molar-refractivity contribution in [3.8, 4) is 0 Å². The Morgan fingerprint density at radius 1 is 1.21 bits per heavy atom. The van der Waals surface area contributed by atoms with Gasteiger partial charge in [-0.2, -0.15) is 0 Å². The third-order valence-electron chi connectivity index (χ3n) is 4.18. The van der Waals surface area contributed by atoms with Crippen LogP contribution in [0.4, 0.5) is 0 Å². The smallest absolute Gasteiger partial charge is 0.0220 e. The Bertz CT molecular complexity index is 228. The summed E-state index contributed by atoms with van der Waals surface area (Å²) in [5.41, 5.74) is 0. The molecule has 1 saturated heterocycles. The topological polar surface area (TPSA) is 18.5 Å². The molecule has 19 heavy (non-hydrogen) atoms. The molecule has 0 amide bonds. The van der Waals surface area contributed by atoms with Crippen molar-refractivity contribution in [3.63, 3.8) is 0 Å². The lowest BCUT2D eigenvalue weighted by molar-refractivity contribution is 0.253. The van der Waals surface area contributed by atoms with Gasteiger partial charge in [-0.15, -0.1) is 0 Å². The van der Waals surface area contributed by atoms with Crippen LogP contribution in [0.2, 0.25) is 0 Å².